The highest BCUT2D eigenvalue weighted by atomic mass is 35.5. The normalized spacial score (nSPS) is 14.7. The van der Waals surface area contributed by atoms with Crippen LogP contribution in [0.4, 0.5) is 0 Å². The van der Waals surface area contributed by atoms with Gasteiger partial charge in [-0.25, -0.2) is 0 Å². The molecular weight excluding hydrogens is 350 g/mol. The number of para-hydroxylation sites is 1. The lowest BCUT2D eigenvalue weighted by Crippen LogP contribution is -2.30. The molecule has 1 aliphatic heterocycles. The molecule has 0 radical (unpaired) electrons. The van der Waals surface area contributed by atoms with Crippen LogP contribution in [0.5, 0.6) is 5.75 Å². The van der Waals surface area contributed by atoms with Crippen LogP contribution in [0.3, 0.4) is 0 Å². The number of likely N-dealkylation sites (tertiary alicyclic amines) is 1. The number of benzene rings is 2. The Labute approximate surface area is 162 Å². The molecule has 0 amide bonds. The van der Waals surface area contributed by atoms with E-state index in [9.17, 15) is 0 Å². The van der Waals surface area contributed by atoms with E-state index in [-0.39, 0.29) is 12.4 Å². The first-order chi connectivity index (χ1) is 11.9. The van der Waals surface area contributed by atoms with Gasteiger partial charge in [0, 0.05) is 4.90 Å². The molecule has 0 unspecified atom stereocenters. The largest absolute Gasteiger partial charge is 0.492 e. The Kier molecular flexibility index (Phi) is 9.23. The zero-order valence-corrected chi connectivity index (χ0v) is 16.4. The fraction of sp³-hybridized carbons (Fsp3) is 0.429. The first-order valence-electron chi connectivity index (χ1n) is 9.09. The third kappa shape index (κ3) is 6.93. The average molecular weight is 378 g/mol. The summed E-state index contributed by atoms with van der Waals surface area (Å²) in [6.45, 7) is 4.61. The Balaban J connectivity index is 0.00000225. The van der Waals surface area contributed by atoms with Gasteiger partial charge in [0.05, 0.1) is 11.5 Å². The summed E-state index contributed by atoms with van der Waals surface area (Å²) in [5, 5.41) is 0. The van der Waals surface area contributed by atoms with Crippen molar-refractivity contribution in [3.63, 3.8) is 0 Å². The predicted octanol–water partition coefficient (Wildman–Crippen LogP) is 5.90. The molecule has 0 atom stereocenters. The van der Waals surface area contributed by atoms with Crippen LogP contribution in [0.15, 0.2) is 64.4 Å². The minimum atomic E-state index is 0. The maximum absolute atomic E-state index is 6.06. The second-order valence-corrected chi connectivity index (χ2v) is 7.44. The number of piperidine rings is 1. The molecule has 0 aromatic heterocycles. The van der Waals surface area contributed by atoms with Crippen LogP contribution in [0.1, 0.15) is 32.1 Å². The van der Waals surface area contributed by atoms with Gasteiger partial charge in [0.25, 0.3) is 0 Å². The summed E-state index contributed by atoms with van der Waals surface area (Å²) in [5.74, 6) is 1.00. The minimum absolute atomic E-state index is 0. The van der Waals surface area contributed by atoms with Crippen molar-refractivity contribution >= 4 is 24.2 Å². The van der Waals surface area contributed by atoms with Crippen molar-refractivity contribution in [2.24, 2.45) is 0 Å². The number of unbranched alkanes of at least 4 members (excludes halogenated alkanes) is 1. The number of halogens is 1. The summed E-state index contributed by atoms with van der Waals surface area (Å²) >= 11 is 1.77. The smallest absolute Gasteiger partial charge is 0.133 e. The van der Waals surface area contributed by atoms with Crippen molar-refractivity contribution < 1.29 is 4.74 Å². The van der Waals surface area contributed by atoms with Gasteiger partial charge < -0.3 is 9.64 Å². The second kappa shape index (κ2) is 11.5. The van der Waals surface area contributed by atoms with Crippen LogP contribution in [-0.2, 0) is 0 Å². The van der Waals surface area contributed by atoms with Crippen LogP contribution in [0, 0.1) is 0 Å². The maximum Gasteiger partial charge on any atom is 0.133 e. The Morgan fingerprint density at radius 3 is 2.36 bits per heavy atom. The van der Waals surface area contributed by atoms with Crippen LogP contribution in [-0.4, -0.2) is 31.1 Å². The Morgan fingerprint density at radius 2 is 1.56 bits per heavy atom. The van der Waals surface area contributed by atoms with Crippen LogP contribution in [0.25, 0.3) is 0 Å². The molecule has 1 aliphatic rings. The average Bonchev–Trinajstić information content (AvgIpc) is 2.64. The van der Waals surface area contributed by atoms with Crippen molar-refractivity contribution in [2.75, 3.05) is 26.2 Å². The van der Waals surface area contributed by atoms with Crippen molar-refractivity contribution in [1.82, 2.24) is 4.90 Å². The lowest BCUT2D eigenvalue weighted by atomic mass is 10.1. The molecule has 2 aromatic rings. The lowest BCUT2D eigenvalue weighted by Gasteiger charge is -2.26. The molecule has 25 heavy (non-hydrogen) atoms. The van der Waals surface area contributed by atoms with Crippen molar-refractivity contribution in [3.8, 4) is 5.75 Å². The second-order valence-electron chi connectivity index (χ2n) is 6.32. The molecule has 2 nitrogen and oxygen atoms in total. The van der Waals surface area contributed by atoms with Gasteiger partial charge in [-0.15, -0.1) is 12.4 Å². The Morgan fingerprint density at radius 1 is 0.840 bits per heavy atom. The molecule has 1 heterocycles. The van der Waals surface area contributed by atoms with E-state index in [1.165, 1.54) is 55.1 Å². The molecule has 4 heteroatoms. The van der Waals surface area contributed by atoms with Gasteiger partial charge in [0.1, 0.15) is 5.75 Å². The van der Waals surface area contributed by atoms with Gasteiger partial charge in [-0.1, -0.05) is 48.5 Å². The third-order valence-corrected chi connectivity index (χ3v) is 5.46. The fourth-order valence-corrected chi connectivity index (χ4v) is 3.99. The van der Waals surface area contributed by atoms with Gasteiger partial charge >= 0.3 is 0 Å². The molecule has 0 N–H and O–H groups in total. The van der Waals surface area contributed by atoms with Crippen molar-refractivity contribution in [3.05, 3.63) is 54.6 Å². The summed E-state index contributed by atoms with van der Waals surface area (Å²) in [6.07, 6.45) is 6.52. The quantitative estimate of drug-likeness (QED) is 0.531. The van der Waals surface area contributed by atoms with Crippen LogP contribution >= 0.6 is 24.2 Å². The maximum atomic E-state index is 6.06. The molecule has 0 spiro atoms. The lowest BCUT2D eigenvalue weighted by molar-refractivity contribution is 0.215. The van der Waals surface area contributed by atoms with Gasteiger partial charge in [0.15, 0.2) is 0 Å². The highest BCUT2D eigenvalue weighted by Gasteiger charge is 2.09. The molecule has 3 rings (SSSR count). The standard InChI is InChI=1S/C21H27NOS.ClH/c1-3-11-19(12-4-1)24-21-14-6-5-13-20(21)23-18-10-9-17-22-15-7-2-8-16-22;/h1,3-6,11-14H,2,7-10,15-18H2;1H. The molecular formula is C21H28ClNOS. The van der Waals surface area contributed by atoms with E-state index in [4.69, 9.17) is 4.74 Å². The first kappa shape index (κ1) is 20.2. The van der Waals surface area contributed by atoms with E-state index in [0.29, 0.717) is 0 Å². The molecule has 0 aliphatic carbocycles. The number of hydrogen-bond donors (Lipinski definition) is 0. The first-order valence-corrected chi connectivity index (χ1v) is 9.90. The summed E-state index contributed by atoms with van der Waals surface area (Å²) in [6, 6.07) is 18.8. The highest BCUT2D eigenvalue weighted by molar-refractivity contribution is 7.99. The molecule has 0 saturated carbocycles. The molecule has 136 valence electrons. The number of rotatable bonds is 8. The van der Waals surface area contributed by atoms with E-state index in [1.807, 2.05) is 0 Å². The zero-order valence-electron chi connectivity index (χ0n) is 14.7. The molecule has 1 fully saturated rings. The van der Waals surface area contributed by atoms with Crippen molar-refractivity contribution in [2.45, 2.75) is 41.9 Å². The van der Waals surface area contributed by atoms with Crippen LogP contribution < -0.4 is 4.74 Å². The number of nitrogens with zero attached hydrogens (tertiary/aromatic N) is 1. The highest BCUT2D eigenvalue weighted by Crippen LogP contribution is 2.34. The predicted molar refractivity (Wildman–Crippen MR) is 109 cm³/mol. The van der Waals surface area contributed by atoms with E-state index < -0.39 is 0 Å². The summed E-state index contributed by atoms with van der Waals surface area (Å²) in [5.41, 5.74) is 0. The van der Waals surface area contributed by atoms with Gasteiger partial charge in [-0.2, -0.15) is 0 Å². The van der Waals surface area contributed by atoms with Crippen molar-refractivity contribution in [1.29, 1.82) is 0 Å². The van der Waals surface area contributed by atoms with Gasteiger partial charge in [-0.3, -0.25) is 0 Å². The minimum Gasteiger partial charge on any atom is -0.492 e. The summed E-state index contributed by atoms with van der Waals surface area (Å²) < 4.78 is 6.06. The molecule has 0 bridgehead atoms. The number of hydrogen-bond acceptors (Lipinski definition) is 3. The van der Waals surface area contributed by atoms with Gasteiger partial charge in [-0.05, 0) is 69.6 Å². The molecule has 2 aromatic carbocycles. The van der Waals surface area contributed by atoms with Gasteiger partial charge in [0.2, 0.25) is 0 Å². The SMILES string of the molecule is Cl.c1ccc(Sc2ccccc2OCCCCN2CCCCC2)cc1. The fourth-order valence-electron chi connectivity index (χ4n) is 3.07. The third-order valence-electron chi connectivity index (χ3n) is 4.40. The number of ether oxygens (including phenoxy) is 1. The topological polar surface area (TPSA) is 12.5 Å². The van der Waals surface area contributed by atoms with E-state index in [1.54, 1.807) is 11.8 Å². The summed E-state index contributed by atoms with van der Waals surface area (Å²) in [7, 11) is 0. The zero-order chi connectivity index (χ0) is 16.5. The Hall–Kier alpha value is -1.16. The monoisotopic (exact) mass is 377 g/mol. The summed E-state index contributed by atoms with van der Waals surface area (Å²) in [4.78, 5) is 5.04. The van der Waals surface area contributed by atoms with E-state index in [2.05, 4.69) is 59.5 Å². The van der Waals surface area contributed by atoms with E-state index >= 15 is 0 Å². The van der Waals surface area contributed by atoms with E-state index in [0.717, 1.165) is 18.8 Å². The molecule has 1 saturated heterocycles. The van der Waals surface area contributed by atoms with Crippen LogP contribution in [0.2, 0.25) is 0 Å². The Bertz CT molecular complexity index is 602.